The quantitative estimate of drug-likeness (QED) is 0.404. The summed E-state index contributed by atoms with van der Waals surface area (Å²) in [6.07, 6.45) is 0.973. The minimum Gasteiger partial charge on any atom is -0.491 e. The van der Waals surface area contributed by atoms with E-state index in [1.54, 1.807) is 13.8 Å². The summed E-state index contributed by atoms with van der Waals surface area (Å²) in [4.78, 5) is 0. The van der Waals surface area contributed by atoms with Crippen LogP contribution in [0.4, 0.5) is 0 Å². The lowest BCUT2D eigenvalue weighted by molar-refractivity contribution is 0.0284. The fraction of sp³-hybridized carbons (Fsp3) is 0.684. The molecule has 1 aromatic rings. The van der Waals surface area contributed by atoms with E-state index in [2.05, 4.69) is 37.7 Å². The van der Waals surface area contributed by atoms with Crippen molar-refractivity contribution in [3.8, 4) is 5.75 Å². The summed E-state index contributed by atoms with van der Waals surface area (Å²) in [5.74, 6) is 1.35. The molecule has 0 aliphatic heterocycles. The van der Waals surface area contributed by atoms with Crippen molar-refractivity contribution in [1.82, 2.24) is 10.9 Å². The van der Waals surface area contributed by atoms with Gasteiger partial charge in [-0.2, -0.15) is 0 Å². The zero-order valence-corrected chi connectivity index (χ0v) is 15.8. The van der Waals surface area contributed by atoms with E-state index >= 15 is 0 Å². The Bertz CT molecular complexity index is 458. The Morgan fingerprint density at radius 2 is 1.96 bits per heavy atom. The second-order valence-electron chi connectivity index (χ2n) is 7.29. The smallest absolute Gasteiger partial charge is 0.119 e. The fourth-order valence-electron chi connectivity index (χ4n) is 2.02. The second-order valence-corrected chi connectivity index (χ2v) is 7.29. The van der Waals surface area contributed by atoms with E-state index < -0.39 is 5.60 Å². The van der Waals surface area contributed by atoms with Crippen LogP contribution in [0.3, 0.4) is 0 Å². The van der Waals surface area contributed by atoms with Gasteiger partial charge in [0.1, 0.15) is 12.4 Å². The monoisotopic (exact) mass is 338 g/mol. The second kappa shape index (κ2) is 10.7. The van der Waals surface area contributed by atoms with Gasteiger partial charge in [0.05, 0.1) is 5.60 Å². The molecule has 138 valence electrons. The third-order valence-electron chi connectivity index (χ3n) is 3.31. The van der Waals surface area contributed by atoms with Gasteiger partial charge in [-0.1, -0.05) is 26.0 Å². The minimum atomic E-state index is -0.834. The van der Waals surface area contributed by atoms with Crippen LogP contribution < -0.4 is 15.6 Å². The van der Waals surface area contributed by atoms with E-state index in [9.17, 15) is 5.11 Å². The Balaban J connectivity index is 2.28. The molecular weight excluding hydrogens is 304 g/mol. The van der Waals surface area contributed by atoms with Gasteiger partial charge in [0.2, 0.25) is 0 Å². The maximum Gasteiger partial charge on any atom is 0.119 e. The number of nitrogens with one attached hydrogen (secondary N) is 2. The zero-order valence-electron chi connectivity index (χ0n) is 15.8. The number of rotatable bonds is 12. The number of ether oxygens (including phenoxy) is 2. The van der Waals surface area contributed by atoms with Gasteiger partial charge in [-0.05, 0) is 50.8 Å². The Kier molecular flexibility index (Phi) is 9.29. The molecule has 0 aromatic heterocycles. The van der Waals surface area contributed by atoms with Gasteiger partial charge in [0.15, 0.2) is 0 Å². The molecule has 0 bridgehead atoms. The first-order valence-corrected chi connectivity index (χ1v) is 8.79. The lowest BCUT2D eigenvalue weighted by Crippen LogP contribution is -2.35. The normalized spacial score (nSPS) is 13.3. The molecule has 24 heavy (non-hydrogen) atoms. The summed E-state index contributed by atoms with van der Waals surface area (Å²) >= 11 is 0. The maximum absolute atomic E-state index is 9.74. The Labute approximate surface area is 146 Å². The number of benzene rings is 1. The molecule has 1 rings (SSSR count). The summed E-state index contributed by atoms with van der Waals surface area (Å²) < 4.78 is 11.2. The molecule has 5 nitrogen and oxygen atoms in total. The van der Waals surface area contributed by atoms with Gasteiger partial charge in [0.25, 0.3) is 0 Å². The highest BCUT2D eigenvalue weighted by Crippen LogP contribution is 2.19. The molecule has 0 spiro atoms. The van der Waals surface area contributed by atoms with Crippen molar-refractivity contribution in [1.29, 1.82) is 0 Å². The van der Waals surface area contributed by atoms with Crippen molar-refractivity contribution in [2.75, 3.05) is 26.4 Å². The first kappa shape index (κ1) is 20.9. The van der Waals surface area contributed by atoms with Gasteiger partial charge in [-0.3, -0.25) is 10.9 Å². The third-order valence-corrected chi connectivity index (χ3v) is 3.31. The topological polar surface area (TPSA) is 62.8 Å². The number of hydrogen-bond donors (Lipinski definition) is 3. The van der Waals surface area contributed by atoms with Crippen molar-refractivity contribution in [2.24, 2.45) is 5.92 Å². The molecule has 1 atom stereocenters. The third kappa shape index (κ3) is 9.88. The number of aliphatic hydroxyl groups is 1. The molecular formula is C19H34N2O3. The molecule has 0 aliphatic carbocycles. The number of hydrazine groups is 1. The molecule has 5 heteroatoms. The van der Waals surface area contributed by atoms with Crippen LogP contribution in [0.5, 0.6) is 5.75 Å². The van der Waals surface area contributed by atoms with Crippen LogP contribution >= 0.6 is 0 Å². The highest BCUT2D eigenvalue weighted by molar-refractivity contribution is 5.30. The van der Waals surface area contributed by atoms with Gasteiger partial charge in [0, 0.05) is 25.8 Å². The van der Waals surface area contributed by atoms with E-state index in [1.165, 1.54) is 0 Å². The summed E-state index contributed by atoms with van der Waals surface area (Å²) in [7, 11) is 0. The van der Waals surface area contributed by atoms with Crippen LogP contribution in [0, 0.1) is 5.92 Å². The van der Waals surface area contributed by atoms with E-state index in [-0.39, 0.29) is 12.6 Å². The maximum atomic E-state index is 9.74. The van der Waals surface area contributed by atoms with Crippen molar-refractivity contribution >= 4 is 0 Å². The van der Waals surface area contributed by atoms with Crippen LogP contribution in [0.2, 0.25) is 0 Å². The molecule has 3 N–H and O–H groups in total. The average Bonchev–Trinajstić information content (AvgIpc) is 2.51. The highest BCUT2D eigenvalue weighted by Gasteiger charge is 2.13. The molecule has 0 amide bonds. The SMILES string of the molecule is CC(C)COCCCNNC(C)c1cccc(OCC(C)(C)O)c1. The Morgan fingerprint density at radius 1 is 1.21 bits per heavy atom. The van der Waals surface area contributed by atoms with Crippen LogP contribution in [0.1, 0.15) is 52.6 Å². The molecule has 0 heterocycles. The number of hydrogen-bond acceptors (Lipinski definition) is 5. The molecule has 0 radical (unpaired) electrons. The lowest BCUT2D eigenvalue weighted by Gasteiger charge is -2.19. The van der Waals surface area contributed by atoms with E-state index in [0.717, 1.165) is 37.5 Å². The Hall–Kier alpha value is -1.14. The highest BCUT2D eigenvalue weighted by atomic mass is 16.5. The largest absolute Gasteiger partial charge is 0.491 e. The Morgan fingerprint density at radius 3 is 2.62 bits per heavy atom. The van der Waals surface area contributed by atoms with Gasteiger partial charge in [-0.15, -0.1) is 0 Å². The molecule has 1 unspecified atom stereocenters. The zero-order chi connectivity index (χ0) is 18.0. The van der Waals surface area contributed by atoms with Gasteiger partial charge in [-0.25, -0.2) is 0 Å². The van der Waals surface area contributed by atoms with Gasteiger partial charge >= 0.3 is 0 Å². The predicted molar refractivity (Wildman–Crippen MR) is 98.1 cm³/mol. The summed E-state index contributed by atoms with van der Waals surface area (Å²) in [5, 5.41) is 9.74. The summed E-state index contributed by atoms with van der Waals surface area (Å²) in [5.41, 5.74) is 6.82. The van der Waals surface area contributed by atoms with Crippen LogP contribution in [0.25, 0.3) is 0 Å². The van der Waals surface area contributed by atoms with Crippen molar-refractivity contribution in [3.63, 3.8) is 0 Å². The predicted octanol–water partition coefficient (Wildman–Crippen LogP) is 3.05. The van der Waals surface area contributed by atoms with E-state index in [4.69, 9.17) is 9.47 Å². The molecule has 1 aromatic carbocycles. The minimum absolute atomic E-state index is 0.160. The van der Waals surface area contributed by atoms with Crippen molar-refractivity contribution in [2.45, 2.75) is 52.7 Å². The van der Waals surface area contributed by atoms with Crippen molar-refractivity contribution < 1.29 is 14.6 Å². The lowest BCUT2D eigenvalue weighted by atomic mass is 10.1. The van der Waals surface area contributed by atoms with Gasteiger partial charge < -0.3 is 14.6 Å². The summed E-state index contributed by atoms with van der Waals surface area (Å²) in [6, 6.07) is 8.08. The van der Waals surface area contributed by atoms with Crippen LogP contribution in [-0.2, 0) is 4.74 Å². The molecule has 0 saturated heterocycles. The first-order chi connectivity index (χ1) is 11.3. The van der Waals surface area contributed by atoms with Crippen molar-refractivity contribution in [3.05, 3.63) is 29.8 Å². The summed E-state index contributed by atoms with van der Waals surface area (Å²) in [6.45, 7) is 12.6. The molecule has 0 aliphatic rings. The molecule has 0 saturated carbocycles. The average molecular weight is 338 g/mol. The fourth-order valence-corrected chi connectivity index (χ4v) is 2.02. The molecule has 0 fully saturated rings. The van der Waals surface area contributed by atoms with E-state index in [1.807, 2.05) is 18.2 Å². The van der Waals surface area contributed by atoms with Crippen LogP contribution in [0.15, 0.2) is 24.3 Å². The standard InChI is InChI=1S/C19H34N2O3/c1-15(2)13-23-11-7-10-20-21-16(3)17-8-6-9-18(12-17)24-14-19(4,5)22/h6,8-9,12,15-16,20-22H,7,10-11,13-14H2,1-5H3. The first-order valence-electron chi connectivity index (χ1n) is 8.79. The van der Waals surface area contributed by atoms with Crippen LogP contribution in [-0.4, -0.2) is 37.1 Å². The van der Waals surface area contributed by atoms with E-state index in [0.29, 0.717) is 5.92 Å².